The second-order valence-corrected chi connectivity index (χ2v) is 11.4. The van der Waals surface area contributed by atoms with Crippen LogP contribution in [0.3, 0.4) is 0 Å². The summed E-state index contributed by atoms with van der Waals surface area (Å²) in [5.74, 6) is 0. The van der Waals surface area contributed by atoms with E-state index < -0.39 is 0 Å². The Morgan fingerprint density at radius 2 is 0.800 bits per heavy atom. The molecule has 0 atom stereocenters. The van der Waals surface area contributed by atoms with Gasteiger partial charge in [-0.2, -0.15) is 0 Å². The Hall–Kier alpha value is -5.54. The van der Waals surface area contributed by atoms with Gasteiger partial charge >= 0.3 is 0 Å². The average Bonchev–Trinajstić information content (AvgIpc) is 3.09. The van der Waals surface area contributed by atoms with Crippen LogP contribution >= 0.6 is 0 Å². The Kier molecular flexibility index (Phi) is 7.67. The van der Waals surface area contributed by atoms with Crippen molar-refractivity contribution >= 4 is 13.3 Å². The molecular formula is C42H31BN2. The van der Waals surface area contributed by atoms with E-state index in [1.165, 1.54) is 33.4 Å². The third-order valence-corrected chi connectivity index (χ3v) is 8.39. The van der Waals surface area contributed by atoms with Crippen molar-refractivity contribution in [2.75, 3.05) is 0 Å². The van der Waals surface area contributed by atoms with Crippen molar-refractivity contribution in [2.45, 2.75) is 13.8 Å². The zero-order valence-corrected chi connectivity index (χ0v) is 25.4. The average molecular weight is 575 g/mol. The number of benzene rings is 5. The molecule has 0 unspecified atom stereocenters. The van der Waals surface area contributed by atoms with Crippen LogP contribution in [0.2, 0.25) is 0 Å². The first-order valence-corrected chi connectivity index (χ1v) is 15.2. The fraction of sp³-hybridized carbons (Fsp3) is 0.0476. The van der Waals surface area contributed by atoms with Gasteiger partial charge in [-0.05, 0) is 112 Å². The summed E-state index contributed by atoms with van der Waals surface area (Å²) >= 11 is 0. The highest BCUT2D eigenvalue weighted by atomic mass is 14.7. The summed E-state index contributed by atoms with van der Waals surface area (Å²) in [6, 6.07) is 48.8. The number of hydrogen-bond donors (Lipinski definition) is 0. The lowest BCUT2D eigenvalue weighted by Gasteiger charge is -2.17. The smallest absolute Gasteiger partial charge is 0.113 e. The van der Waals surface area contributed by atoms with Crippen LogP contribution in [-0.2, 0) is 0 Å². The van der Waals surface area contributed by atoms with E-state index in [1.807, 2.05) is 48.8 Å². The number of pyridine rings is 2. The van der Waals surface area contributed by atoms with E-state index >= 15 is 0 Å². The molecule has 0 aliphatic carbocycles. The monoisotopic (exact) mass is 574 g/mol. The molecular weight excluding hydrogens is 543 g/mol. The molecule has 0 spiro atoms. The molecule has 3 heteroatoms. The molecule has 45 heavy (non-hydrogen) atoms. The molecule has 0 amide bonds. The maximum absolute atomic E-state index is 6.63. The molecule has 7 aromatic rings. The van der Waals surface area contributed by atoms with E-state index in [4.69, 9.17) is 7.85 Å². The van der Waals surface area contributed by atoms with Crippen molar-refractivity contribution in [1.82, 2.24) is 9.97 Å². The van der Waals surface area contributed by atoms with Gasteiger partial charge in [-0.15, -0.1) is 0 Å². The Balaban J connectivity index is 1.30. The summed E-state index contributed by atoms with van der Waals surface area (Å²) in [7, 11) is 6.63. The highest BCUT2D eigenvalue weighted by molar-refractivity contribution is 6.33. The lowest BCUT2D eigenvalue weighted by molar-refractivity contribution is 1.32. The van der Waals surface area contributed by atoms with Crippen LogP contribution in [0.1, 0.15) is 11.1 Å². The summed E-state index contributed by atoms with van der Waals surface area (Å²) in [5.41, 5.74) is 16.5. The maximum atomic E-state index is 6.63. The van der Waals surface area contributed by atoms with Gasteiger partial charge in [0, 0.05) is 23.5 Å². The molecule has 2 aromatic heterocycles. The molecule has 2 heterocycles. The van der Waals surface area contributed by atoms with E-state index in [-0.39, 0.29) is 0 Å². The summed E-state index contributed by atoms with van der Waals surface area (Å²) in [5, 5.41) is 0. The zero-order chi connectivity index (χ0) is 30.8. The molecule has 0 saturated carbocycles. The minimum absolute atomic E-state index is 0.733. The van der Waals surface area contributed by atoms with Gasteiger partial charge in [0.1, 0.15) is 7.85 Å². The van der Waals surface area contributed by atoms with Crippen molar-refractivity contribution in [2.24, 2.45) is 0 Å². The summed E-state index contributed by atoms with van der Waals surface area (Å²) in [6.45, 7) is 4.34. The minimum Gasteiger partial charge on any atom is -0.256 e. The van der Waals surface area contributed by atoms with Gasteiger partial charge in [0.05, 0.1) is 11.4 Å². The topological polar surface area (TPSA) is 25.8 Å². The molecule has 0 aliphatic rings. The van der Waals surface area contributed by atoms with E-state index in [9.17, 15) is 0 Å². The van der Waals surface area contributed by atoms with Gasteiger partial charge in [0.15, 0.2) is 0 Å². The Labute approximate surface area is 266 Å². The quantitative estimate of drug-likeness (QED) is 0.185. The molecule has 0 bridgehead atoms. The largest absolute Gasteiger partial charge is 0.256 e. The van der Waals surface area contributed by atoms with E-state index in [0.29, 0.717) is 0 Å². The van der Waals surface area contributed by atoms with Gasteiger partial charge in [0.2, 0.25) is 0 Å². The van der Waals surface area contributed by atoms with Crippen molar-refractivity contribution in [3.05, 3.63) is 163 Å². The number of aryl methyl sites for hydroxylation is 2. The molecule has 212 valence electrons. The second kappa shape index (κ2) is 12.2. The van der Waals surface area contributed by atoms with Gasteiger partial charge < -0.3 is 0 Å². The predicted molar refractivity (Wildman–Crippen MR) is 190 cm³/mol. The highest BCUT2D eigenvalue weighted by Crippen LogP contribution is 2.39. The SMILES string of the molecule is [B]c1cc(-c2ccccc2-c2ccc(-c3ccccn3)cc2C)cc(-c2ccccc2-c2ccc(-c3ccccn3)cc2C)c1. The highest BCUT2D eigenvalue weighted by Gasteiger charge is 2.15. The third kappa shape index (κ3) is 5.73. The van der Waals surface area contributed by atoms with E-state index in [1.54, 1.807) is 0 Å². The second-order valence-electron chi connectivity index (χ2n) is 11.4. The molecule has 2 radical (unpaired) electrons. The van der Waals surface area contributed by atoms with Crippen LogP contribution in [0.5, 0.6) is 0 Å². The molecule has 0 N–H and O–H groups in total. The molecule has 2 nitrogen and oxygen atoms in total. The Morgan fingerprint density at radius 3 is 1.20 bits per heavy atom. The standard InChI is InChI=1S/C42H31BN2/c1-28-23-30(41-15-7-9-21-44-41)17-19-35(28)39-13-5-3-11-37(39)32-25-33(27-34(43)26-32)38-12-4-6-14-40(38)36-20-18-31(24-29(36)2)42-16-8-10-22-45-42/h3-27H,1-2H3. The fourth-order valence-electron chi connectivity index (χ4n) is 6.22. The van der Waals surface area contributed by atoms with Crippen molar-refractivity contribution in [3.63, 3.8) is 0 Å². The molecule has 0 aliphatic heterocycles. The summed E-state index contributed by atoms with van der Waals surface area (Å²) in [4.78, 5) is 9.08. The third-order valence-electron chi connectivity index (χ3n) is 8.39. The Bertz CT molecular complexity index is 1980. The zero-order valence-electron chi connectivity index (χ0n) is 25.4. The Morgan fingerprint density at radius 1 is 0.378 bits per heavy atom. The van der Waals surface area contributed by atoms with Crippen molar-refractivity contribution < 1.29 is 0 Å². The van der Waals surface area contributed by atoms with Gasteiger partial charge in [-0.25, -0.2) is 0 Å². The lowest BCUT2D eigenvalue weighted by Crippen LogP contribution is -2.03. The first-order chi connectivity index (χ1) is 22.0. The summed E-state index contributed by atoms with van der Waals surface area (Å²) in [6.07, 6.45) is 3.67. The van der Waals surface area contributed by atoms with E-state index in [0.717, 1.165) is 50.2 Å². The van der Waals surface area contributed by atoms with Crippen LogP contribution in [-0.4, -0.2) is 17.8 Å². The van der Waals surface area contributed by atoms with Crippen molar-refractivity contribution in [1.29, 1.82) is 0 Å². The predicted octanol–water partition coefficient (Wildman–Crippen LogP) is 9.89. The lowest BCUT2D eigenvalue weighted by atomic mass is 9.84. The fourth-order valence-corrected chi connectivity index (χ4v) is 6.22. The normalized spacial score (nSPS) is 11.0. The number of nitrogens with zero attached hydrogens (tertiary/aromatic N) is 2. The van der Waals surface area contributed by atoms with Crippen molar-refractivity contribution in [3.8, 4) is 67.0 Å². The first-order valence-electron chi connectivity index (χ1n) is 15.2. The van der Waals surface area contributed by atoms with Gasteiger partial charge in [-0.1, -0.05) is 103 Å². The number of rotatable bonds is 6. The molecule has 7 rings (SSSR count). The van der Waals surface area contributed by atoms with E-state index in [2.05, 4.69) is 127 Å². The number of hydrogen-bond acceptors (Lipinski definition) is 2. The van der Waals surface area contributed by atoms with Gasteiger partial charge in [-0.3, -0.25) is 9.97 Å². The van der Waals surface area contributed by atoms with Crippen LogP contribution in [0.25, 0.3) is 67.0 Å². The van der Waals surface area contributed by atoms with Crippen LogP contribution in [0, 0.1) is 13.8 Å². The molecule has 0 fully saturated rings. The van der Waals surface area contributed by atoms with Crippen LogP contribution < -0.4 is 5.46 Å². The maximum Gasteiger partial charge on any atom is 0.113 e. The van der Waals surface area contributed by atoms with Crippen LogP contribution in [0.4, 0.5) is 0 Å². The summed E-state index contributed by atoms with van der Waals surface area (Å²) < 4.78 is 0. The minimum atomic E-state index is 0.733. The van der Waals surface area contributed by atoms with Crippen LogP contribution in [0.15, 0.2) is 152 Å². The first kappa shape index (κ1) is 28.2. The molecule has 0 saturated heterocycles. The molecule has 5 aromatic carbocycles. The van der Waals surface area contributed by atoms with Gasteiger partial charge in [0.25, 0.3) is 0 Å². The number of aromatic nitrogens is 2.